The molecular weight excluding hydrogens is 282 g/mol. The van der Waals surface area contributed by atoms with Crippen molar-refractivity contribution >= 4 is 22.6 Å². The van der Waals surface area contributed by atoms with Crippen molar-refractivity contribution in [1.82, 2.24) is 9.55 Å². The molecule has 21 heavy (non-hydrogen) atoms. The van der Waals surface area contributed by atoms with Gasteiger partial charge in [-0.05, 0) is 55.8 Å². The predicted molar refractivity (Wildman–Crippen MR) is 88.5 cm³/mol. The molecule has 1 aromatic heterocycles. The van der Waals surface area contributed by atoms with Crippen LogP contribution in [0.15, 0.2) is 48.5 Å². The van der Waals surface area contributed by atoms with Crippen LogP contribution in [0, 0.1) is 0 Å². The van der Waals surface area contributed by atoms with Crippen molar-refractivity contribution in [2.24, 2.45) is 5.73 Å². The van der Waals surface area contributed by atoms with Crippen molar-refractivity contribution < 1.29 is 0 Å². The predicted octanol–water partition coefficient (Wildman–Crippen LogP) is 4.10. The Morgan fingerprint density at radius 2 is 1.76 bits per heavy atom. The fraction of sp³-hybridized carbons (Fsp3) is 0.235. The maximum Gasteiger partial charge on any atom is 0.141 e. The van der Waals surface area contributed by atoms with E-state index in [-0.39, 0.29) is 0 Å². The minimum atomic E-state index is 0.725. The smallest absolute Gasteiger partial charge is 0.141 e. The number of imidazole rings is 1. The third kappa shape index (κ3) is 2.94. The zero-order valence-electron chi connectivity index (χ0n) is 11.8. The van der Waals surface area contributed by atoms with Crippen molar-refractivity contribution in [2.75, 3.05) is 6.54 Å². The van der Waals surface area contributed by atoms with E-state index in [1.54, 1.807) is 0 Å². The van der Waals surface area contributed by atoms with Crippen LogP contribution in [0.4, 0.5) is 0 Å². The lowest BCUT2D eigenvalue weighted by molar-refractivity contribution is 0.631. The molecule has 0 atom stereocenters. The van der Waals surface area contributed by atoms with Crippen LogP contribution in [0.2, 0.25) is 5.02 Å². The number of nitrogens with two attached hydrogens (primary N) is 1. The van der Waals surface area contributed by atoms with E-state index in [0.717, 1.165) is 47.9 Å². The summed E-state index contributed by atoms with van der Waals surface area (Å²) in [4.78, 5) is 4.78. The second-order valence-corrected chi connectivity index (χ2v) is 5.51. The molecule has 2 N–H and O–H groups in total. The summed E-state index contributed by atoms with van der Waals surface area (Å²) in [5.41, 5.74) is 8.88. The molecule has 2 aromatic carbocycles. The van der Waals surface area contributed by atoms with E-state index in [1.807, 2.05) is 36.4 Å². The summed E-state index contributed by atoms with van der Waals surface area (Å²) in [7, 11) is 0. The molecule has 0 fully saturated rings. The minimum absolute atomic E-state index is 0.725. The Labute approximate surface area is 129 Å². The number of nitrogens with zero attached hydrogens (tertiary/aromatic N) is 2. The van der Waals surface area contributed by atoms with Gasteiger partial charge in [-0.25, -0.2) is 4.98 Å². The molecule has 3 rings (SSSR count). The molecule has 4 heteroatoms. The lowest BCUT2D eigenvalue weighted by Gasteiger charge is -2.09. The first-order valence-electron chi connectivity index (χ1n) is 7.21. The number of aromatic nitrogens is 2. The molecule has 0 spiro atoms. The first-order valence-corrected chi connectivity index (χ1v) is 7.58. The maximum atomic E-state index is 5.98. The van der Waals surface area contributed by atoms with Gasteiger partial charge < -0.3 is 10.3 Å². The van der Waals surface area contributed by atoms with Crippen LogP contribution >= 0.6 is 11.6 Å². The van der Waals surface area contributed by atoms with Gasteiger partial charge in [0.25, 0.3) is 0 Å². The number of halogens is 1. The molecular formula is C17H18ClN3. The van der Waals surface area contributed by atoms with E-state index in [2.05, 4.69) is 16.7 Å². The summed E-state index contributed by atoms with van der Waals surface area (Å²) in [6, 6.07) is 16.1. The molecule has 108 valence electrons. The van der Waals surface area contributed by atoms with Gasteiger partial charge in [0.15, 0.2) is 0 Å². The van der Waals surface area contributed by atoms with E-state index >= 15 is 0 Å². The van der Waals surface area contributed by atoms with Gasteiger partial charge in [-0.1, -0.05) is 23.7 Å². The summed E-state index contributed by atoms with van der Waals surface area (Å²) in [6.07, 6.45) is 2.07. The average Bonchev–Trinajstić information content (AvgIpc) is 2.87. The zero-order valence-corrected chi connectivity index (χ0v) is 12.6. The largest absolute Gasteiger partial charge is 0.330 e. The highest BCUT2D eigenvalue weighted by molar-refractivity contribution is 6.30. The molecule has 0 radical (unpaired) electrons. The second-order valence-electron chi connectivity index (χ2n) is 5.08. The SMILES string of the molecule is NCCCCn1c(-c2ccc(Cl)cc2)nc2ccccc21. The van der Waals surface area contributed by atoms with Crippen LogP contribution in [0.3, 0.4) is 0 Å². The lowest BCUT2D eigenvalue weighted by Crippen LogP contribution is -2.04. The van der Waals surface area contributed by atoms with Crippen molar-refractivity contribution in [1.29, 1.82) is 0 Å². The van der Waals surface area contributed by atoms with Gasteiger partial charge in [0, 0.05) is 17.1 Å². The lowest BCUT2D eigenvalue weighted by atomic mass is 10.2. The number of hydrogen-bond donors (Lipinski definition) is 1. The molecule has 0 amide bonds. The Morgan fingerprint density at radius 1 is 1.00 bits per heavy atom. The molecule has 0 aliphatic heterocycles. The minimum Gasteiger partial charge on any atom is -0.330 e. The second kappa shape index (κ2) is 6.29. The summed E-state index contributed by atoms with van der Waals surface area (Å²) < 4.78 is 2.27. The van der Waals surface area contributed by atoms with E-state index < -0.39 is 0 Å². The number of aryl methyl sites for hydroxylation is 1. The van der Waals surface area contributed by atoms with Crippen LogP contribution in [0.5, 0.6) is 0 Å². The summed E-state index contributed by atoms with van der Waals surface area (Å²) >= 11 is 5.98. The normalized spacial score (nSPS) is 11.1. The highest BCUT2D eigenvalue weighted by Gasteiger charge is 2.11. The van der Waals surface area contributed by atoms with Gasteiger partial charge in [0.2, 0.25) is 0 Å². The Hall–Kier alpha value is -1.84. The van der Waals surface area contributed by atoms with Crippen molar-refractivity contribution in [2.45, 2.75) is 19.4 Å². The van der Waals surface area contributed by atoms with Gasteiger partial charge >= 0.3 is 0 Å². The fourth-order valence-corrected chi connectivity index (χ4v) is 2.66. The third-order valence-corrected chi connectivity index (χ3v) is 3.84. The molecule has 0 saturated carbocycles. The average molecular weight is 300 g/mol. The Balaban J connectivity index is 2.07. The highest BCUT2D eigenvalue weighted by atomic mass is 35.5. The number of unbranched alkanes of at least 4 members (excludes halogenated alkanes) is 1. The molecule has 0 bridgehead atoms. The summed E-state index contributed by atoms with van der Waals surface area (Å²) in [5.74, 6) is 0.991. The number of para-hydroxylation sites is 2. The summed E-state index contributed by atoms with van der Waals surface area (Å²) in [5, 5.41) is 0.740. The van der Waals surface area contributed by atoms with Crippen molar-refractivity contribution in [3.05, 3.63) is 53.6 Å². The third-order valence-electron chi connectivity index (χ3n) is 3.59. The van der Waals surface area contributed by atoms with Crippen molar-refractivity contribution in [3.63, 3.8) is 0 Å². The van der Waals surface area contributed by atoms with Gasteiger partial charge in [-0.3, -0.25) is 0 Å². The molecule has 0 aliphatic rings. The zero-order chi connectivity index (χ0) is 14.7. The first-order chi connectivity index (χ1) is 10.3. The molecule has 1 heterocycles. The molecule has 0 saturated heterocycles. The van der Waals surface area contributed by atoms with Crippen molar-refractivity contribution in [3.8, 4) is 11.4 Å². The first kappa shape index (κ1) is 14.1. The van der Waals surface area contributed by atoms with E-state index in [1.165, 1.54) is 5.52 Å². The number of rotatable bonds is 5. The topological polar surface area (TPSA) is 43.8 Å². The highest BCUT2D eigenvalue weighted by Crippen LogP contribution is 2.26. The Kier molecular flexibility index (Phi) is 4.23. The number of hydrogen-bond acceptors (Lipinski definition) is 2. The summed E-state index contributed by atoms with van der Waals surface area (Å²) in [6.45, 7) is 1.65. The van der Waals surface area contributed by atoms with Gasteiger partial charge in [-0.15, -0.1) is 0 Å². The van der Waals surface area contributed by atoms with E-state index in [0.29, 0.717) is 0 Å². The maximum absolute atomic E-state index is 5.98. The molecule has 0 unspecified atom stereocenters. The van der Waals surface area contributed by atoms with Gasteiger partial charge in [-0.2, -0.15) is 0 Å². The molecule has 3 nitrogen and oxygen atoms in total. The van der Waals surface area contributed by atoms with Crippen LogP contribution in [-0.4, -0.2) is 16.1 Å². The van der Waals surface area contributed by atoms with Crippen LogP contribution < -0.4 is 5.73 Å². The van der Waals surface area contributed by atoms with E-state index in [9.17, 15) is 0 Å². The monoisotopic (exact) mass is 299 g/mol. The Morgan fingerprint density at radius 3 is 2.52 bits per heavy atom. The van der Waals surface area contributed by atoms with Crippen LogP contribution in [-0.2, 0) is 6.54 Å². The fourth-order valence-electron chi connectivity index (χ4n) is 2.54. The van der Waals surface area contributed by atoms with Crippen LogP contribution in [0.25, 0.3) is 22.4 Å². The molecule has 3 aromatic rings. The Bertz CT molecular complexity index is 731. The van der Waals surface area contributed by atoms with Crippen LogP contribution in [0.1, 0.15) is 12.8 Å². The quantitative estimate of drug-likeness (QED) is 0.721. The molecule has 0 aliphatic carbocycles. The number of fused-ring (bicyclic) bond motifs is 1. The van der Waals surface area contributed by atoms with Gasteiger partial charge in [0.05, 0.1) is 11.0 Å². The standard InChI is InChI=1S/C17H18ClN3/c18-14-9-7-13(8-10-14)17-20-15-5-1-2-6-16(15)21(17)12-4-3-11-19/h1-2,5-10H,3-4,11-12,19H2. The number of benzene rings is 2. The van der Waals surface area contributed by atoms with E-state index in [4.69, 9.17) is 22.3 Å². The van der Waals surface area contributed by atoms with Gasteiger partial charge in [0.1, 0.15) is 5.82 Å².